The minimum Gasteiger partial charge on any atom is -0.461 e. The fraction of sp³-hybridized carbons (Fsp3) is 0.667. The van der Waals surface area contributed by atoms with Gasteiger partial charge in [-0.25, -0.2) is 4.79 Å². The van der Waals surface area contributed by atoms with Gasteiger partial charge in [0.2, 0.25) is 5.91 Å². The van der Waals surface area contributed by atoms with Crippen molar-refractivity contribution in [3.05, 3.63) is 22.5 Å². The van der Waals surface area contributed by atoms with E-state index in [1.54, 1.807) is 30.4 Å². The number of amides is 1. The van der Waals surface area contributed by atoms with Crippen LogP contribution < -0.4 is 0 Å². The van der Waals surface area contributed by atoms with Crippen LogP contribution in [0.2, 0.25) is 0 Å². The lowest BCUT2D eigenvalue weighted by molar-refractivity contribution is -0.136. The third-order valence-corrected chi connectivity index (χ3v) is 5.60. The van der Waals surface area contributed by atoms with Crippen molar-refractivity contribution in [2.75, 3.05) is 13.2 Å². The number of ketones is 1. The van der Waals surface area contributed by atoms with E-state index in [1.807, 2.05) is 20.8 Å². The molecule has 0 atom stereocenters. The van der Waals surface area contributed by atoms with E-state index in [4.69, 9.17) is 4.74 Å². The van der Waals surface area contributed by atoms with Gasteiger partial charge in [0.15, 0.2) is 5.78 Å². The number of rotatable bonds is 7. The highest BCUT2D eigenvalue weighted by Crippen LogP contribution is 2.28. The van der Waals surface area contributed by atoms with Gasteiger partial charge in [0.1, 0.15) is 5.69 Å². The van der Waals surface area contributed by atoms with Crippen LogP contribution in [0.3, 0.4) is 0 Å². The Hall–Kier alpha value is -2.11. The number of carbonyl (C=O) groups excluding carboxylic acids is 3. The van der Waals surface area contributed by atoms with Crippen molar-refractivity contribution in [3.63, 3.8) is 0 Å². The van der Waals surface area contributed by atoms with Crippen LogP contribution in [0.15, 0.2) is 0 Å². The maximum absolute atomic E-state index is 13.1. The molecule has 1 aliphatic rings. The van der Waals surface area contributed by atoms with Gasteiger partial charge in [-0.05, 0) is 53.0 Å². The maximum Gasteiger partial charge on any atom is 0.355 e. The topological polar surface area (TPSA) is 68.6 Å². The summed E-state index contributed by atoms with van der Waals surface area (Å²) in [7, 11) is 1.76. The van der Waals surface area contributed by atoms with Gasteiger partial charge in [0, 0.05) is 30.3 Å². The van der Waals surface area contributed by atoms with Crippen LogP contribution in [0, 0.1) is 19.8 Å². The summed E-state index contributed by atoms with van der Waals surface area (Å²) in [4.78, 5) is 39.9. The minimum atomic E-state index is -0.428. The number of carbonyl (C=O) groups is 3. The fourth-order valence-corrected chi connectivity index (χ4v) is 4.03. The van der Waals surface area contributed by atoms with E-state index in [1.165, 1.54) is 0 Å². The van der Waals surface area contributed by atoms with Crippen molar-refractivity contribution >= 4 is 17.7 Å². The number of nitrogens with zero attached hydrogens (tertiary/aromatic N) is 2. The fourth-order valence-electron chi connectivity index (χ4n) is 4.03. The number of hydrogen-bond donors (Lipinski definition) is 0. The second kappa shape index (κ2) is 8.72. The van der Waals surface area contributed by atoms with Crippen LogP contribution in [-0.4, -0.2) is 46.3 Å². The molecule has 1 fully saturated rings. The largest absolute Gasteiger partial charge is 0.461 e. The summed E-state index contributed by atoms with van der Waals surface area (Å²) in [5, 5.41) is 0. The summed E-state index contributed by atoms with van der Waals surface area (Å²) >= 11 is 0. The molecule has 2 rings (SSSR count). The Morgan fingerprint density at radius 3 is 2.30 bits per heavy atom. The molecule has 1 heterocycles. The SMILES string of the molecule is CCOC(=O)c1c(C)c(C(=O)CN(C(=O)C2CCCC2)C(C)C)c(C)n1C. The van der Waals surface area contributed by atoms with Crippen LogP contribution in [0.5, 0.6) is 0 Å². The van der Waals surface area contributed by atoms with Gasteiger partial charge in [-0.15, -0.1) is 0 Å². The van der Waals surface area contributed by atoms with Crippen LogP contribution in [0.1, 0.15) is 78.6 Å². The van der Waals surface area contributed by atoms with Crippen LogP contribution in [-0.2, 0) is 16.6 Å². The van der Waals surface area contributed by atoms with E-state index in [2.05, 4.69) is 0 Å². The Morgan fingerprint density at radius 1 is 1.19 bits per heavy atom. The average Bonchev–Trinajstić information content (AvgIpc) is 3.20. The molecule has 1 aromatic heterocycles. The highest BCUT2D eigenvalue weighted by atomic mass is 16.5. The first-order valence-corrected chi connectivity index (χ1v) is 9.87. The Kier molecular flexibility index (Phi) is 6.84. The molecule has 6 heteroatoms. The van der Waals surface area contributed by atoms with Crippen LogP contribution >= 0.6 is 0 Å². The Morgan fingerprint density at radius 2 is 1.78 bits per heavy atom. The maximum atomic E-state index is 13.1. The van der Waals surface area contributed by atoms with E-state index >= 15 is 0 Å². The van der Waals surface area contributed by atoms with Crippen LogP contribution in [0.25, 0.3) is 0 Å². The van der Waals surface area contributed by atoms with Gasteiger partial charge in [-0.3, -0.25) is 9.59 Å². The van der Waals surface area contributed by atoms with E-state index in [9.17, 15) is 14.4 Å². The quantitative estimate of drug-likeness (QED) is 0.540. The standard InChI is InChI=1S/C21H32N2O4/c1-7-27-21(26)19-14(4)18(15(5)22(19)6)17(24)12-23(13(2)3)20(25)16-10-8-9-11-16/h13,16H,7-12H2,1-6H3. The predicted molar refractivity (Wildman–Crippen MR) is 104 cm³/mol. The highest BCUT2D eigenvalue weighted by Gasteiger charge is 2.32. The normalized spacial score (nSPS) is 14.6. The molecule has 0 unspecified atom stereocenters. The molecule has 6 nitrogen and oxygen atoms in total. The number of esters is 1. The summed E-state index contributed by atoms with van der Waals surface area (Å²) in [5.41, 5.74) is 2.26. The summed E-state index contributed by atoms with van der Waals surface area (Å²) in [6.45, 7) is 9.55. The zero-order valence-corrected chi connectivity index (χ0v) is 17.4. The number of hydrogen-bond acceptors (Lipinski definition) is 4. The first kappa shape index (κ1) is 21.2. The zero-order chi connectivity index (χ0) is 20.3. The second-order valence-corrected chi connectivity index (χ2v) is 7.68. The first-order valence-electron chi connectivity index (χ1n) is 9.87. The highest BCUT2D eigenvalue weighted by molar-refractivity contribution is 6.04. The van der Waals surface area contributed by atoms with Crippen molar-refractivity contribution in [2.45, 2.75) is 66.3 Å². The lowest BCUT2D eigenvalue weighted by atomic mass is 10.0. The summed E-state index contributed by atoms with van der Waals surface area (Å²) < 4.78 is 6.83. The van der Waals surface area contributed by atoms with Crippen molar-refractivity contribution in [2.24, 2.45) is 13.0 Å². The van der Waals surface area contributed by atoms with Gasteiger partial charge in [-0.1, -0.05) is 12.8 Å². The first-order chi connectivity index (χ1) is 12.7. The minimum absolute atomic E-state index is 0.0354. The molecule has 0 bridgehead atoms. The monoisotopic (exact) mass is 376 g/mol. The molecule has 1 aromatic rings. The van der Waals surface area contributed by atoms with Gasteiger partial charge in [-0.2, -0.15) is 0 Å². The summed E-state index contributed by atoms with van der Waals surface area (Å²) in [6, 6.07) is -0.0455. The van der Waals surface area contributed by atoms with E-state index in [0.29, 0.717) is 16.8 Å². The van der Waals surface area contributed by atoms with Gasteiger partial charge < -0.3 is 14.2 Å². The predicted octanol–water partition coefficient (Wildman–Crippen LogP) is 3.43. The molecule has 1 aliphatic carbocycles. The van der Waals surface area contributed by atoms with Crippen molar-refractivity contribution < 1.29 is 19.1 Å². The number of aromatic nitrogens is 1. The summed E-state index contributed by atoms with van der Waals surface area (Å²) in [5.74, 6) is -0.445. The Labute approximate surface area is 161 Å². The molecular formula is C21H32N2O4. The number of Topliss-reactive ketones (excluding diaryl/α,β-unsaturated/α-hetero) is 1. The smallest absolute Gasteiger partial charge is 0.355 e. The van der Waals surface area contributed by atoms with E-state index in [-0.39, 0.29) is 36.8 Å². The molecule has 150 valence electrons. The average molecular weight is 376 g/mol. The summed E-state index contributed by atoms with van der Waals surface area (Å²) in [6.07, 6.45) is 3.98. The van der Waals surface area contributed by atoms with E-state index in [0.717, 1.165) is 31.4 Å². The Balaban J connectivity index is 2.29. The Bertz CT molecular complexity index is 727. The third kappa shape index (κ3) is 4.25. The molecular weight excluding hydrogens is 344 g/mol. The van der Waals surface area contributed by atoms with Crippen molar-refractivity contribution in [1.29, 1.82) is 0 Å². The van der Waals surface area contributed by atoms with Gasteiger partial charge >= 0.3 is 5.97 Å². The van der Waals surface area contributed by atoms with Gasteiger partial charge in [0.25, 0.3) is 0 Å². The second-order valence-electron chi connectivity index (χ2n) is 7.68. The number of ether oxygens (including phenoxy) is 1. The molecule has 0 spiro atoms. The van der Waals surface area contributed by atoms with Gasteiger partial charge in [0.05, 0.1) is 13.2 Å². The van der Waals surface area contributed by atoms with Crippen molar-refractivity contribution in [1.82, 2.24) is 9.47 Å². The van der Waals surface area contributed by atoms with E-state index < -0.39 is 5.97 Å². The molecule has 0 saturated heterocycles. The molecule has 1 saturated carbocycles. The zero-order valence-electron chi connectivity index (χ0n) is 17.4. The molecule has 0 N–H and O–H groups in total. The molecule has 0 radical (unpaired) electrons. The molecule has 0 aliphatic heterocycles. The van der Waals surface area contributed by atoms with Crippen molar-refractivity contribution in [3.8, 4) is 0 Å². The molecule has 0 aromatic carbocycles. The third-order valence-electron chi connectivity index (χ3n) is 5.60. The van der Waals surface area contributed by atoms with Crippen LogP contribution in [0.4, 0.5) is 0 Å². The molecule has 1 amide bonds. The lowest BCUT2D eigenvalue weighted by Gasteiger charge is -2.29. The lowest BCUT2D eigenvalue weighted by Crippen LogP contribution is -2.43. The molecule has 27 heavy (non-hydrogen) atoms.